The maximum Gasteiger partial charge on any atom is 0.230 e. The first kappa shape index (κ1) is 37.5. The molecule has 0 saturated heterocycles. The second kappa shape index (κ2) is 23.9. The largest absolute Gasteiger partial charge is 0.385 e. The van der Waals surface area contributed by atoms with Crippen molar-refractivity contribution in [3.05, 3.63) is 96.1 Å². The van der Waals surface area contributed by atoms with Crippen LogP contribution in [0.15, 0.2) is 79.0 Å². The minimum Gasteiger partial charge on any atom is -0.385 e. The second-order valence-electron chi connectivity index (χ2n) is 9.16. The van der Waals surface area contributed by atoms with Gasteiger partial charge in [0, 0.05) is 39.8 Å². The molecular formula is C33H46N4O5S. The number of carbonyl (C=O) groups is 2. The molecule has 234 valence electrons. The highest BCUT2D eigenvalue weighted by molar-refractivity contribution is 7.81. The number of ether oxygens (including phenoxy) is 3. The quantitative estimate of drug-likeness (QED) is 0.145. The molecule has 1 amide bonds. The van der Waals surface area contributed by atoms with Crippen molar-refractivity contribution >= 4 is 24.8 Å². The molecule has 1 atom stereocenters. The fourth-order valence-corrected chi connectivity index (χ4v) is 3.90. The van der Waals surface area contributed by atoms with Gasteiger partial charge in [0.2, 0.25) is 5.91 Å². The number of nitrogens with zero attached hydrogens (tertiary/aromatic N) is 3. The first-order chi connectivity index (χ1) is 21.0. The lowest BCUT2D eigenvalue weighted by molar-refractivity contribution is -0.119. The Kier molecular flexibility index (Phi) is 20.8. The van der Waals surface area contributed by atoms with Crippen molar-refractivity contribution in [2.75, 3.05) is 33.2 Å². The van der Waals surface area contributed by atoms with Crippen LogP contribution in [0.4, 0.5) is 0 Å². The minimum absolute atomic E-state index is 0.0515. The maximum absolute atomic E-state index is 12.3. The first-order valence-corrected chi connectivity index (χ1v) is 14.8. The third-order valence-corrected chi connectivity index (χ3v) is 6.20. The van der Waals surface area contributed by atoms with Crippen LogP contribution in [0.1, 0.15) is 49.8 Å². The SMILES string of the molecule is CC=O.CCCCOC.COCc1ccccnnc(C(COCc2ccccc2-c2ccccc2)NC(=O)CS)n1C. The van der Waals surface area contributed by atoms with Crippen molar-refractivity contribution in [3.8, 4) is 11.1 Å². The van der Waals surface area contributed by atoms with Crippen molar-refractivity contribution in [1.82, 2.24) is 20.1 Å². The summed E-state index contributed by atoms with van der Waals surface area (Å²) in [5, 5.41) is 11.5. The molecule has 0 radical (unpaired) electrons. The van der Waals surface area contributed by atoms with E-state index < -0.39 is 6.04 Å². The number of hydrogen-bond acceptors (Lipinski definition) is 8. The van der Waals surface area contributed by atoms with E-state index in [1.807, 2.05) is 60.1 Å². The van der Waals surface area contributed by atoms with Crippen LogP contribution in [0, 0.1) is 0 Å². The lowest BCUT2D eigenvalue weighted by atomic mass is 10.0. The van der Waals surface area contributed by atoms with Crippen molar-refractivity contribution in [2.24, 2.45) is 7.05 Å². The van der Waals surface area contributed by atoms with Gasteiger partial charge >= 0.3 is 0 Å². The number of aldehydes is 1. The molecule has 1 N–H and O–H groups in total. The summed E-state index contributed by atoms with van der Waals surface area (Å²) >= 11 is 4.11. The summed E-state index contributed by atoms with van der Waals surface area (Å²) in [5.74, 6) is 0.363. The van der Waals surface area contributed by atoms with E-state index in [1.165, 1.54) is 19.8 Å². The third-order valence-electron chi connectivity index (χ3n) is 5.92. The van der Waals surface area contributed by atoms with Crippen molar-refractivity contribution in [1.29, 1.82) is 0 Å². The van der Waals surface area contributed by atoms with E-state index in [0.717, 1.165) is 35.3 Å². The van der Waals surface area contributed by atoms with Gasteiger partial charge in [-0.25, -0.2) is 0 Å². The van der Waals surface area contributed by atoms with Gasteiger partial charge in [0.05, 0.1) is 25.6 Å². The van der Waals surface area contributed by atoms with Crippen LogP contribution in [0.25, 0.3) is 11.1 Å². The molecule has 0 fully saturated rings. The van der Waals surface area contributed by atoms with Crippen LogP contribution >= 0.6 is 12.6 Å². The molecule has 2 aromatic carbocycles. The molecule has 0 saturated carbocycles. The van der Waals surface area contributed by atoms with Crippen LogP contribution in [0.3, 0.4) is 0 Å². The zero-order valence-corrected chi connectivity index (χ0v) is 26.8. The second-order valence-corrected chi connectivity index (χ2v) is 9.47. The Morgan fingerprint density at radius 2 is 1.67 bits per heavy atom. The maximum atomic E-state index is 12.3. The Balaban J connectivity index is 0.000000900. The fourth-order valence-electron chi connectivity index (χ4n) is 3.81. The number of methoxy groups -OCH3 is 2. The molecule has 0 bridgehead atoms. The van der Waals surface area contributed by atoms with Crippen LogP contribution in [0.5, 0.6) is 0 Å². The van der Waals surface area contributed by atoms with Gasteiger partial charge in [0.25, 0.3) is 0 Å². The Labute approximate surface area is 261 Å². The van der Waals surface area contributed by atoms with Gasteiger partial charge < -0.3 is 28.9 Å². The zero-order chi connectivity index (χ0) is 31.7. The molecular weight excluding hydrogens is 564 g/mol. The molecule has 43 heavy (non-hydrogen) atoms. The summed E-state index contributed by atoms with van der Waals surface area (Å²) in [6.45, 7) is 5.46. The predicted molar refractivity (Wildman–Crippen MR) is 174 cm³/mol. The Morgan fingerprint density at radius 3 is 2.30 bits per heavy atom. The van der Waals surface area contributed by atoms with E-state index in [-0.39, 0.29) is 18.3 Å². The lowest BCUT2D eigenvalue weighted by Crippen LogP contribution is -2.35. The summed E-state index contributed by atoms with van der Waals surface area (Å²) in [6.07, 6.45) is 4.76. The zero-order valence-electron chi connectivity index (χ0n) is 25.9. The van der Waals surface area contributed by atoms with E-state index in [2.05, 4.69) is 53.3 Å². The molecule has 3 rings (SSSR count). The molecule has 9 nitrogen and oxygen atoms in total. The van der Waals surface area contributed by atoms with Crippen molar-refractivity contribution in [3.63, 3.8) is 0 Å². The smallest absolute Gasteiger partial charge is 0.230 e. The average Bonchev–Trinajstić information content (AvgIpc) is 3.11. The first-order valence-electron chi connectivity index (χ1n) is 14.2. The molecule has 1 unspecified atom stereocenters. The number of carbonyl (C=O) groups excluding carboxylic acids is 2. The van der Waals surface area contributed by atoms with Gasteiger partial charge in [-0.2, -0.15) is 17.7 Å². The average molecular weight is 611 g/mol. The number of unbranched alkanes of at least 4 members (excludes halogenated alkanes) is 1. The van der Waals surface area contributed by atoms with Crippen molar-refractivity contribution in [2.45, 2.75) is 45.9 Å². The monoisotopic (exact) mass is 610 g/mol. The summed E-state index contributed by atoms with van der Waals surface area (Å²) in [5.41, 5.74) is 4.15. The van der Waals surface area contributed by atoms with Crippen LogP contribution < -0.4 is 5.32 Å². The molecule has 0 aliphatic carbocycles. The highest BCUT2D eigenvalue weighted by Crippen LogP contribution is 2.24. The topological polar surface area (TPSA) is 105 Å². The van der Waals surface area contributed by atoms with Crippen LogP contribution in [-0.4, -0.2) is 60.1 Å². The van der Waals surface area contributed by atoms with Crippen molar-refractivity contribution < 1.29 is 23.8 Å². The minimum atomic E-state index is -0.538. The van der Waals surface area contributed by atoms with Gasteiger partial charge in [-0.1, -0.05) is 74.0 Å². The number of nitrogens with one attached hydrogen (secondary N) is 1. The summed E-state index contributed by atoms with van der Waals surface area (Å²) in [4.78, 5) is 21.1. The number of aromatic nitrogens is 3. The highest BCUT2D eigenvalue weighted by Gasteiger charge is 2.19. The number of hydrogen-bond donors (Lipinski definition) is 2. The molecule has 1 heterocycles. The summed E-state index contributed by atoms with van der Waals surface area (Å²) in [6, 6.07) is 23.3. The molecule has 0 aliphatic rings. The standard InChI is InChI=1S/C26H30N4O3S.C5H12O.C2H4O/c1-30-22(17-32-2)13-8-9-15-27-29-26(30)24(28-25(31)19-34)18-33-16-21-12-6-7-14-23(21)20-10-4-3-5-11-20;1-3-4-5-6-2;1-2-3/h3-15,24,34H,16-19H2,1-2H3,(H,28,31);3-5H2,1-2H3;2H,1H3. The Morgan fingerprint density at radius 1 is 1.00 bits per heavy atom. The fraction of sp³-hybridized carbons (Fsp3) is 0.394. The number of benzene rings is 2. The number of thiol groups is 1. The summed E-state index contributed by atoms with van der Waals surface area (Å²) < 4.78 is 18.1. The Bertz CT molecular complexity index is 1230. The molecule has 1 aromatic heterocycles. The van der Waals surface area contributed by atoms with Gasteiger partial charge in [-0.3, -0.25) is 4.79 Å². The van der Waals surface area contributed by atoms with E-state index in [1.54, 1.807) is 26.5 Å². The van der Waals surface area contributed by atoms with E-state index in [9.17, 15) is 4.79 Å². The molecule has 10 heteroatoms. The molecule has 0 aliphatic heterocycles. The summed E-state index contributed by atoms with van der Waals surface area (Å²) in [7, 11) is 5.23. The molecule has 0 spiro atoms. The third kappa shape index (κ3) is 14.9. The Hall–Kier alpha value is -3.57. The van der Waals surface area contributed by atoms with Crippen LogP contribution in [0.2, 0.25) is 0 Å². The van der Waals surface area contributed by atoms with E-state index in [4.69, 9.17) is 19.0 Å². The number of amides is 1. The van der Waals surface area contributed by atoms with Gasteiger partial charge in [-0.05, 0) is 42.2 Å². The van der Waals surface area contributed by atoms with Gasteiger partial charge in [0.1, 0.15) is 12.3 Å². The number of rotatable bonds is 13. The predicted octanol–water partition coefficient (Wildman–Crippen LogP) is 5.69. The van der Waals surface area contributed by atoms with Gasteiger partial charge in [0.15, 0.2) is 5.82 Å². The van der Waals surface area contributed by atoms with Crippen LogP contribution in [-0.2, 0) is 44.1 Å². The lowest BCUT2D eigenvalue weighted by Gasteiger charge is -2.21. The molecule has 3 aromatic rings. The van der Waals surface area contributed by atoms with E-state index in [0.29, 0.717) is 19.0 Å². The van der Waals surface area contributed by atoms with E-state index >= 15 is 0 Å². The van der Waals surface area contributed by atoms with Gasteiger partial charge in [-0.15, -0.1) is 5.10 Å². The normalized spacial score (nSPS) is 10.7. The highest BCUT2D eigenvalue weighted by atomic mass is 32.1.